The van der Waals surface area contributed by atoms with Gasteiger partial charge in [0, 0.05) is 70.6 Å². The van der Waals surface area contributed by atoms with Gasteiger partial charge in [0.2, 0.25) is 0 Å². The lowest BCUT2D eigenvalue weighted by molar-refractivity contribution is -0.116. The molecule has 0 saturated heterocycles. The fraction of sp³-hybridized carbons (Fsp3) is 0.206. The standard InChI is InChI=1S/C34H29ClN4O4/c1-17-15-36-33-30(42)13-28-32(31(17)33)23(14-35)16-39(28)34(43)27-12-22-9-20(4-6-25(22)38-27)10-29(41)26-11-21-8-19(7-18(2)40)3-5-24(21)37-26/h3-6,8-9,11-13,15,23,36-38,42H,7,10,14,16H2,1-2H3. The second kappa shape index (κ2) is 10.2. The van der Waals surface area contributed by atoms with Crippen molar-refractivity contribution in [1.29, 1.82) is 0 Å². The molecule has 9 heteroatoms. The third-order valence-corrected chi connectivity index (χ3v) is 8.78. The number of rotatable bonds is 7. The third-order valence-electron chi connectivity index (χ3n) is 8.40. The Morgan fingerprint density at radius 2 is 1.58 bits per heavy atom. The first-order valence-electron chi connectivity index (χ1n) is 14.2. The summed E-state index contributed by atoms with van der Waals surface area (Å²) in [6.45, 7) is 3.95. The van der Waals surface area contributed by atoms with Gasteiger partial charge in [0.05, 0.1) is 16.9 Å². The molecule has 216 valence electrons. The Morgan fingerprint density at radius 1 is 0.930 bits per heavy atom. The molecule has 1 amide bonds. The SMILES string of the molecule is CC(=O)Cc1ccc2[nH]c(C(=O)Cc3ccc4[nH]c(C(=O)N5CC(CCl)c6c5cc(O)c5[nH]cc(C)c65)cc4c3)cc2c1. The Kier molecular flexibility index (Phi) is 6.39. The number of H-pyrrole nitrogens is 3. The second-order valence-electron chi connectivity index (χ2n) is 11.5. The number of fused-ring (bicyclic) bond motifs is 5. The Balaban J connectivity index is 1.15. The molecule has 0 spiro atoms. The van der Waals surface area contributed by atoms with Gasteiger partial charge in [-0.3, -0.25) is 14.4 Å². The number of aromatic amines is 3. The van der Waals surface area contributed by atoms with E-state index < -0.39 is 0 Å². The second-order valence-corrected chi connectivity index (χ2v) is 11.8. The Bertz CT molecular complexity index is 2120. The highest BCUT2D eigenvalue weighted by Crippen LogP contribution is 2.46. The maximum Gasteiger partial charge on any atom is 0.274 e. The Hall–Kier alpha value is -4.82. The highest BCUT2D eigenvalue weighted by molar-refractivity contribution is 6.19. The van der Waals surface area contributed by atoms with Crippen LogP contribution in [0.3, 0.4) is 0 Å². The third kappa shape index (κ3) is 4.58. The lowest BCUT2D eigenvalue weighted by Crippen LogP contribution is -2.30. The average molecular weight is 593 g/mol. The van der Waals surface area contributed by atoms with Crippen molar-refractivity contribution >= 4 is 67.5 Å². The number of alkyl halides is 1. The normalized spacial score (nSPS) is 14.7. The van der Waals surface area contributed by atoms with Crippen molar-refractivity contribution in [2.24, 2.45) is 0 Å². The fourth-order valence-electron chi connectivity index (χ4n) is 6.41. The molecule has 0 fully saturated rings. The van der Waals surface area contributed by atoms with E-state index in [-0.39, 0.29) is 35.6 Å². The topological polar surface area (TPSA) is 122 Å². The minimum atomic E-state index is -0.211. The van der Waals surface area contributed by atoms with Crippen molar-refractivity contribution in [2.75, 3.05) is 17.3 Å². The average Bonchev–Trinajstić information content (AvgIpc) is 3.75. The zero-order valence-electron chi connectivity index (χ0n) is 23.7. The van der Waals surface area contributed by atoms with E-state index in [1.807, 2.05) is 55.6 Å². The lowest BCUT2D eigenvalue weighted by Gasteiger charge is -2.17. The number of carbonyl (C=O) groups is 3. The largest absolute Gasteiger partial charge is 0.506 e. The predicted molar refractivity (Wildman–Crippen MR) is 169 cm³/mol. The molecule has 4 N–H and O–H groups in total. The van der Waals surface area contributed by atoms with Gasteiger partial charge >= 0.3 is 0 Å². The molecule has 3 aromatic carbocycles. The zero-order valence-corrected chi connectivity index (χ0v) is 24.4. The molecule has 43 heavy (non-hydrogen) atoms. The first kappa shape index (κ1) is 27.0. The van der Waals surface area contributed by atoms with Crippen LogP contribution in [0.2, 0.25) is 0 Å². The first-order chi connectivity index (χ1) is 20.7. The number of phenolic OH excluding ortho intramolecular Hbond substituents is 1. The van der Waals surface area contributed by atoms with Crippen molar-refractivity contribution in [3.05, 3.63) is 94.4 Å². The minimum absolute atomic E-state index is 0.0533. The van der Waals surface area contributed by atoms with Crippen LogP contribution in [-0.2, 0) is 17.6 Å². The number of Topliss-reactive ketones (excluding diaryl/α,β-unsaturated/α-hetero) is 2. The van der Waals surface area contributed by atoms with E-state index in [2.05, 4.69) is 15.0 Å². The summed E-state index contributed by atoms with van der Waals surface area (Å²) in [5.74, 6) is 0.201. The van der Waals surface area contributed by atoms with Crippen LogP contribution in [-0.4, -0.2) is 50.0 Å². The number of aromatic nitrogens is 3. The van der Waals surface area contributed by atoms with E-state index in [0.29, 0.717) is 41.4 Å². The van der Waals surface area contributed by atoms with Crippen LogP contribution in [0, 0.1) is 6.92 Å². The number of amides is 1. The van der Waals surface area contributed by atoms with Gasteiger partial charge in [-0.1, -0.05) is 12.1 Å². The van der Waals surface area contributed by atoms with Gasteiger partial charge in [-0.2, -0.15) is 0 Å². The maximum absolute atomic E-state index is 13.8. The number of ketones is 2. The summed E-state index contributed by atoms with van der Waals surface area (Å²) in [4.78, 5) is 49.7. The summed E-state index contributed by atoms with van der Waals surface area (Å²) in [5.41, 5.74) is 7.59. The number of nitrogens with zero attached hydrogens (tertiary/aromatic N) is 1. The first-order valence-corrected chi connectivity index (χ1v) is 14.7. The number of hydrogen-bond donors (Lipinski definition) is 4. The van der Waals surface area contributed by atoms with E-state index in [0.717, 1.165) is 49.4 Å². The molecule has 4 heterocycles. The number of benzene rings is 3. The molecule has 0 bridgehead atoms. The molecular formula is C34H29ClN4O4. The number of phenols is 1. The van der Waals surface area contributed by atoms with E-state index in [4.69, 9.17) is 11.6 Å². The van der Waals surface area contributed by atoms with Crippen molar-refractivity contribution in [2.45, 2.75) is 32.6 Å². The maximum atomic E-state index is 13.8. The quantitative estimate of drug-likeness (QED) is 0.122. The van der Waals surface area contributed by atoms with Gasteiger partial charge in [0.25, 0.3) is 5.91 Å². The van der Waals surface area contributed by atoms with E-state index in [1.165, 1.54) is 0 Å². The van der Waals surface area contributed by atoms with Gasteiger partial charge in [-0.15, -0.1) is 11.6 Å². The van der Waals surface area contributed by atoms with E-state index in [1.54, 1.807) is 24.0 Å². The number of anilines is 1. The van der Waals surface area contributed by atoms with Crippen molar-refractivity contribution in [1.82, 2.24) is 15.0 Å². The molecule has 0 saturated carbocycles. The molecule has 1 unspecified atom stereocenters. The van der Waals surface area contributed by atoms with Gasteiger partial charge in [0.15, 0.2) is 5.78 Å². The predicted octanol–water partition coefficient (Wildman–Crippen LogP) is 6.68. The van der Waals surface area contributed by atoms with Crippen molar-refractivity contribution < 1.29 is 19.5 Å². The molecule has 6 aromatic rings. The molecule has 3 aromatic heterocycles. The fourth-order valence-corrected chi connectivity index (χ4v) is 6.66. The van der Waals surface area contributed by atoms with Crippen LogP contribution < -0.4 is 4.90 Å². The number of aromatic hydroxyl groups is 1. The molecule has 1 atom stereocenters. The van der Waals surface area contributed by atoms with Crippen molar-refractivity contribution in [3.63, 3.8) is 0 Å². The Labute approximate surface area is 251 Å². The number of aryl methyl sites for hydroxylation is 1. The number of nitrogens with one attached hydrogen (secondary N) is 3. The van der Waals surface area contributed by atoms with Gasteiger partial charge in [0.1, 0.15) is 17.2 Å². The van der Waals surface area contributed by atoms with Crippen LogP contribution in [0.1, 0.15) is 56.1 Å². The molecule has 7 rings (SSSR count). The minimum Gasteiger partial charge on any atom is -0.506 e. The monoisotopic (exact) mass is 592 g/mol. The highest BCUT2D eigenvalue weighted by atomic mass is 35.5. The summed E-state index contributed by atoms with van der Waals surface area (Å²) in [6, 6.07) is 16.7. The van der Waals surface area contributed by atoms with Gasteiger partial charge in [-0.05, 0) is 72.5 Å². The molecule has 0 radical (unpaired) electrons. The summed E-state index contributed by atoms with van der Waals surface area (Å²) in [5, 5.41) is 13.3. The van der Waals surface area contributed by atoms with Crippen LogP contribution in [0.25, 0.3) is 32.7 Å². The molecule has 0 aliphatic carbocycles. The van der Waals surface area contributed by atoms with Gasteiger partial charge < -0.3 is 25.0 Å². The van der Waals surface area contributed by atoms with E-state index in [9.17, 15) is 19.5 Å². The number of halogens is 1. The molecule has 1 aliphatic rings. The smallest absolute Gasteiger partial charge is 0.274 e. The lowest BCUT2D eigenvalue weighted by atomic mass is 9.97. The molecule has 8 nitrogen and oxygen atoms in total. The molecular weight excluding hydrogens is 564 g/mol. The summed E-state index contributed by atoms with van der Waals surface area (Å²) in [6.07, 6.45) is 2.41. The van der Waals surface area contributed by atoms with Crippen LogP contribution in [0.15, 0.2) is 60.8 Å². The number of hydrogen-bond acceptors (Lipinski definition) is 4. The van der Waals surface area contributed by atoms with E-state index >= 15 is 0 Å². The van der Waals surface area contributed by atoms with Crippen LogP contribution in [0.5, 0.6) is 5.75 Å². The number of carbonyl (C=O) groups excluding carboxylic acids is 3. The highest BCUT2D eigenvalue weighted by Gasteiger charge is 2.36. The summed E-state index contributed by atoms with van der Waals surface area (Å²) < 4.78 is 0. The molecule has 1 aliphatic heterocycles. The van der Waals surface area contributed by atoms with Crippen LogP contribution >= 0.6 is 11.6 Å². The summed E-state index contributed by atoms with van der Waals surface area (Å²) >= 11 is 6.37. The Morgan fingerprint density at radius 3 is 2.26 bits per heavy atom. The summed E-state index contributed by atoms with van der Waals surface area (Å²) in [7, 11) is 0. The van der Waals surface area contributed by atoms with Gasteiger partial charge in [-0.25, -0.2) is 0 Å². The zero-order chi connectivity index (χ0) is 30.0. The van der Waals surface area contributed by atoms with Crippen LogP contribution in [0.4, 0.5) is 5.69 Å². The van der Waals surface area contributed by atoms with Crippen molar-refractivity contribution in [3.8, 4) is 5.75 Å².